The molecule has 1 saturated heterocycles. The lowest BCUT2D eigenvalue weighted by Gasteiger charge is -2.24. The normalized spacial score (nSPS) is 22.0. The van der Waals surface area contributed by atoms with Crippen LogP contribution in [0.3, 0.4) is 0 Å². The SMILES string of the molecule is NC(=O)c1ncn(C2O[C@H](CI)[C@@H](OC(=O)c3ccccc3)[C@H]2OC(=O)c2ccccc2)n1. The zero-order valence-electron chi connectivity index (χ0n) is 17.1. The summed E-state index contributed by atoms with van der Waals surface area (Å²) in [7, 11) is 0. The number of carbonyl (C=O) groups is 3. The molecule has 3 aromatic rings. The van der Waals surface area contributed by atoms with Crippen LogP contribution in [0.15, 0.2) is 67.0 Å². The molecule has 2 aromatic carbocycles. The van der Waals surface area contributed by atoms with Gasteiger partial charge in [0.2, 0.25) is 5.82 Å². The van der Waals surface area contributed by atoms with Gasteiger partial charge in [-0.25, -0.2) is 19.3 Å². The summed E-state index contributed by atoms with van der Waals surface area (Å²) < 4.78 is 19.2. The number of amides is 1. The van der Waals surface area contributed by atoms with Crippen molar-refractivity contribution in [3.8, 4) is 0 Å². The number of alkyl halides is 1. The van der Waals surface area contributed by atoms with Crippen molar-refractivity contribution in [2.75, 3.05) is 4.43 Å². The number of ether oxygens (including phenoxy) is 3. The molecule has 4 rings (SSSR count). The smallest absolute Gasteiger partial charge is 0.338 e. The lowest BCUT2D eigenvalue weighted by Crippen LogP contribution is -2.40. The molecule has 1 amide bonds. The summed E-state index contributed by atoms with van der Waals surface area (Å²) in [4.78, 5) is 40.9. The zero-order valence-corrected chi connectivity index (χ0v) is 19.3. The molecular formula is C22H19IN4O6. The van der Waals surface area contributed by atoms with E-state index in [-0.39, 0.29) is 5.82 Å². The number of carbonyl (C=O) groups excluding carboxylic acids is 3. The number of hydrogen-bond acceptors (Lipinski definition) is 8. The van der Waals surface area contributed by atoms with Crippen LogP contribution in [0.4, 0.5) is 0 Å². The van der Waals surface area contributed by atoms with Gasteiger partial charge in [0.15, 0.2) is 18.4 Å². The number of aromatic nitrogens is 3. The van der Waals surface area contributed by atoms with Crippen LogP contribution in [0.25, 0.3) is 0 Å². The summed E-state index contributed by atoms with van der Waals surface area (Å²) in [5, 5.41) is 4.03. The van der Waals surface area contributed by atoms with Gasteiger partial charge >= 0.3 is 11.9 Å². The maximum Gasteiger partial charge on any atom is 0.338 e. The highest BCUT2D eigenvalue weighted by Crippen LogP contribution is 2.35. The lowest BCUT2D eigenvalue weighted by molar-refractivity contribution is -0.0540. The molecule has 0 radical (unpaired) electrons. The van der Waals surface area contributed by atoms with Gasteiger partial charge in [0.25, 0.3) is 5.91 Å². The van der Waals surface area contributed by atoms with E-state index in [1.807, 2.05) is 0 Å². The third-order valence-corrected chi connectivity index (χ3v) is 5.80. The molecule has 0 saturated carbocycles. The number of halogens is 1. The molecule has 1 aromatic heterocycles. The molecule has 4 atom stereocenters. The van der Waals surface area contributed by atoms with E-state index in [9.17, 15) is 14.4 Å². The minimum Gasteiger partial charge on any atom is -0.452 e. The van der Waals surface area contributed by atoms with Crippen LogP contribution in [-0.2, 0) is 14.2 Å². The molecule has 1 aliphatic rings. The van der Waals surface area contributed by atoms with E-state index in [1.165, 1.54) is 11.0 Å². The van der Waals surface area contributed by atoms with Gasteiger partial charge in [-0.15, -0.1) is 5.10 Å². The molecule has 0 bridgehead atoms. The molecule has 1 aliphatic heterocycles. The molecule has 10 nitrogen and oxygen atoms in total. The third-order valence-electron chi connectivity index (χ3n) is 4.93. The van der Waals surface area contributed by atoms with Crippen LogP contribution in [0.2, 0.25) is 0 Å². The molecule has 11 heteroatoms. The van der Waals surface area contributed by atoms with Gasteiger partial charge in [-0.2, -0.15) is 0 Å². The van der Waals surface area contributed by atoms with Crippen LogP contribution in [0.1, 0.15) is 37.6 Å². The molecule has 33 heavy (non-hydrogen) atoms. The Morgan fingerprint density at radius 2 is 1.48 bits per heavy atom. The topological polar surface area (TPSA) is 136 Å². The Kier molecular flexibility index (Phi) is 6.99. The predicted molar refractivity (Wildman–Crippen MR) is 123 cm³/mol. The van der Waals surface area contributed by atoms with Gasteiger partial charge in [-0.3, -0.25) is 4.79 Å². The summed E-state index contributed by atoms with van der Waals surface area (Å²) in [6.45, 7) is 0. The highest BCUT2D eigenvalue weighted by atomic mass is 127. The zero-order chi connectivity index (χ0) is 23.4. The monoisotopic (exact) mass is 562 g/mol. The van der Waals surface area contributed by atoms with Crippen LogP contribution in [0.5, 0.6) is 0 Å². The Bertz CT molecular complexity index is 1140. The number of benzene rings is 2. The Balaban J connectivity index is 1.65. The summed E-state index contributed by atoms with van der Waals surface area (Å²) in [5.74, 6) is -2.25. The summed E-state index contributed by atoms with van der Waals surface area (Å²) in [6, 6.07) is 16.9. The van der Waals surface area contributed by atoms with Crippen LogP contribution < -0.4 is 5.73 Å². The van der Waals surface area contributed by atoms with Crippen LogP contribution in [0, 0.1) is 0 Å². The second-order valence-electron chi connectivity index (χ2n) is 7.10. The first-order valence-electron chi connectivity index (χ1n) is 9.92. The number of esters is 2. The van der Waals surface area contributed by atoms with Crippen molar-refractivity contribution in [3.05, 3.63) is 83.9 Å². The highest BCUT2D eigenvalue weighted by molar-refractivity contribution is 14.1. The molecule has 2 N–H and O–H groups in total. The first kappa shape index (κ1) is 22.9. The second-order valence-corrected chi connectivity index (χ2v) is 7.98. The van der Waals surface area contributed by atoms with Crippen molar-refractivity contribution in [2.24, 2.45) is 5.73 Å². The van der Waals surface area contributed by atoms with Crippen LogP contribution >= 0.6 is 22.6 Å². The maximum atomic E-state index is 12.8. The second kappa shape index (κ2) is 10.1. The van der Waals surface area contributed by atoms with E-state index < -0.39 is 42.4 Å². The Hall–Kier alpha value is -3.32. The van der Waals surface area contributed by atoms with Gasteiger partial charge in [0.1, 0.15) is 12.4 Å². The fourth-order valence-electron chi connectivity index (χ4n) is 3.36. The summed E-state index contributed by atoms with van der Waals surface area (Å²) in [5.41, 5.74) is 5.92. The maximum absolute atomic E-state index is 12.8. The van der Waals surface area contributed by atoms with E-state index in [0.717, 1.165) is 0 Å². The van der Waals surface area contributed by atoms with E-state index in [4.69, 9.17) is 19.9 Å². The molecule has 0 spiro atoms. The van der Waals surface area contributed by atoms with Crippen LogP contribution in [-0.4, -0.2) is 55.3 Å². The predicted octanol–water partition coefficient (Wildman–Crippen LogP) is 2.16. The fourth-order valence-corrected chi connectivity index (χ4v) is 4.06. The quantitative estimate of drug-likeness (QED) is 0.263. The third kappa shape index (κ3) is 5.03. The number of nitrogens with two attached hydrogens (primary N) is 1. The summed E-state index contributed by atoms with van der Waals surface area (Å²) in [6.07, 6.45) is -2.36. The molecule has 170 valence electrons. The average Bonchev–Trinajstić information content (AvgIpc) is 3.46. The van der Waals surface area contributed by atoms with Crippen molar-refractivity contribution in [1.82, 2.24) is 14.8 Å². The van der Waals surface area contributed by atoms with E-state index in [1.54, 1.807) is 60.7 Å². The van der Waals surface area contributed by atoms with E-state index in [0.29, 0.717) is 15.6 Å². The van der Waals surface area contributed by atoms with Gasteiger partial charge in [-0.05, 0) is 24.3 Å². The molecule has 1 unspecified atom stereocenters. The standard InChI is InChI=1S/C22H19IN4O6/c23-11-15-16(32-21(29)13-7-3-1-4-8-13)17(33-22(30)14-9-5-2-6-10-14)20(31-15)27-12-25-19(26-27)18(24)28/h1-10,12,15-17,20H,11H2,(H2,24,28)/t15-,16-,17-,20?/m1/s1. The molecule has 0 aliphatic carbocycles. The lowest BCUT2D eigenvalue weighted by atomic mass is 10.1. The minimum atomic E-state index is -1.06. The van der Waals surface area contributed by atoms with E-state index in [2.05, 4.69) is 32.7 Å². The number of hydrogen-bond donors (Lipinski definition) is 1. The first-order chi connectivity index (χ1) is 16.0. The molecule has 1 fully saturated rings. The fraction of sp³-hybridized carbons (Fsp3) is 0.227. The summed E-state index contributed by atoms with van der Waals surface area (Å²) >= 11 is 2.09. The van der Waals surface area contributed by atoms with Crippen molar-refractivity contribution in [2.45, 2.75) is 24.5 Å². The van der Waals surface area contributed by atoms with E-state index >= 15 is 0 Å². The number of nitrogens with zero attached hydrogens (tertiary/aromatic N) is 3. The molecule has 2 heterocycles. The van der Waals surface area contributed by atoms with Gasteiger partial charge < -0.3 is 19.9 Å². The van der Waals surface area contributed by atoms with Crippen molar-refractivity contribution in [3.63, 3.8) is 0 Å². The largest absolute Gasteiger partial charge is 0.452 e. The minimum absolute atomic E-state index is 0.220. The van der Waals surface area contributed by atoms with Crippen molar-refractivity contribution >= 4 is 40.4 Å². The highest BCUT2D eigenvalue weighted by Gasteiger charge is 2.51. The Labute approximate surface area is 202 Å². The number of primary amides is 1. The van der Waals surface area contributed by atoms with Gasteiger partial charge in [0.05, 0.1) is 11.1 Å². The van der Waals surface area contributed by atoms with Crippen molar-refractivity contribution < 1.29 is 28.6 Å². The number of rotatable bonds is 7. The first-order valence-corrected chi connectivity index (χ1v) is 11.4. The van der Waals surface area contributed by atoms with Gasteiger partial charge in [0, 0.05) is 4.43 Å². The van der Waals surface area contributed by atoms with Gasteiger partial charge in [-0.1, -0.05) is 59.0 Å². The average molecular weight is 562 g/mol. The van der Waals surface area contributed by atoms with Crippen molar-refractivity contribution in [1.29, 1.82) is 0 Å². The Morgan fingerprint density at radius 3 is 1.97 bits per heavy atom. The molecular weight excluding hydrogens is 543 g/mol. The Morgan fingerprint density at radius 1 is 0.939 bits per heavy atom.